The van der Waals surface area contributed by atoms with E-state index in [1.165, 1.54) is 6.33 Å². The van der Waals surface area contributed by atoms with Gasteiger partial charge in [-0.25, -0.2) is 14.8 Å². The number of benzene rings is 1. The summed E-state index contributed by atoms with van der Waals surface area (Å²) in [4.78, 5) is 22.4. The maximum atomic E-state index is 11.3. The smallest absolute Gasteiger partial charge is 0.353 e. The van der Waals surface area contributed by atoms with Crippen LogP contribution in [0.5, 0.6) is 5.75 Å². The SMILES string of the molecule is COc1cc2[nH]ncc2cc1Nc1ncnc2[nH]c(C(=O)O)c(Br)c12. The first-order valence-electron chi connectivity index (χ1n) is 7.12. The van der Waals surface area contributed by atoms with Crippen LogP contribution in [-0.4, -0.2) is 43.3 Å². The molecule has 0 bridgehead atoms. The van der Waals surface area contributed by atoms with Gasteiger partial charge in [-0.15, -0.1) is 0 Å². The van der Waals surface area contributed by atoms with Gasteiger partial charge in [0.05, 0.1) is 34.4 Å². The number of hydrogen-bond donors (Lipinski definition) is 4. The molecule has 0 amide bonds. The van der Waals surface area contributed by atoms with Gasteiger partial charge >= 0.3 is 5.97 Å². The Morgan fingerprint density at radius 1 is 1.36 bits per heavy atom. The molecule has 0 aliphatic carbocycles. The van der Waals surface area contributed by atoms with Gasteiger partial charge in [-0.1, -0.05) is 0 Å². The fourth-order valence-corrected chi connectivity index (χ4v) is 3.24. The van der Waals surface area contributed by atoms with E-state index in [0.717, 1.165) is 10.9 Å². The molecule has 0 unspecified atom stereocenters. The molecule has 0 aliphatic heterocycles. The normalized spacial score (nSPS) is 11.1. The van der Waals surface area contributed by atoms with E-state index in [9.17, 15) is 9.90 Å². The number of aromatic amines is 2. The third-order valence-corrected chi connectivity index (χ3v) is 4.55. The number of aromatic nitrogens is 5. The summed E-state index contributed by atoms with van der Waals surface area (Å²) in [6, 6.07) is 3.68. The summed E-state index contributed by atoms with van der Waals surface area (Å²) < 4.78 is 5.79. The number of aromatic carboxylic acids is 1. The zero-order valence-electron chi connectivity index (χ0n) is 12.8. The number of rotatable bonds is 4. The Labute approximate surface area is 148 Å². The van der Waals surface area contributed by atoms with Crippen LogP contribution in [0.25, 0.3) is 21.9 Å². The standard InChI is InChI=1S/C15H11BrN6O3/c1-25-9-3-7-6(4-19-22-7)2-8(9)20-13-10-11(16)12(15(23)24)21-14(10)18-5-17-13/h2-5H,1H3,(H,19,22)(H,23,24)(H2,17,18,20,21). The fraction of sp³-hybridized carbons (Fsp3) is 0.0667. The zero-order valence-corrected chi connectivity index (χ0v) is 14.4. The molecule has 0 fully saturated rings. The number of carboxylic acid groups (broad SMARTS) is 1. The molecule has 126 valence electrons. The number of nitrogens with zero attached hydrogens (tertiary/aromatic N) is 3. The number of halogens is 1. The third-order valence-electron chi connectivity index (χ3n) is 3.76. The van der Waals surface area contributed by atoms with Crippen molar-refractivity contribution in [3.63, 3.8) is 0 Å². The Balaban J connectivity index is 1.87. The van der Waals surface area contributed by atoms with Crippen LogP contribution in [-0.2, 0) is 0 Å². The second-order valence-electron chi connectivity index (χ2n) is 5.20. The summed E-state index contributed by atoms with van der Waals surface area (Å²) in [6.45, 7) is 0. The first-order valence-corrected chi connectivity index (χ1v) is 7.91. The average Bonchev–Trinajstić information content (AvgIpc) is 3.18. The molecular weight excluding hydrogens is 392 g/mol. The predicted octanol–water partition coefficient (Wildman–Crippen LogP) is 3.05. The maximum Gasteiger partial charge on any atom is 0.353 e. The van der Waals surface area contributed by atoms with Crippen molar-refractivity contribution in [1.82, 2.24) is 25.1 Å². The zero-order chi connectivity index (χ0) is 17.6. The highest BCUT2D eigenvalue weighted by Crippen LogP contribution is 2.36. The Kier molecular flexibility index (Phi) is 3.53. The van der Waals surface area contributed by atoms with Gasteiger partial charge in [-0.2, -0.15) is 5.10 Å². The summed E-state index contributed by atoms with van der Waals surface area (Å²) in [5, 5.41) is 20.8. The van der Waals surface area contributed by atoms with Crippen molar-refractivity contribution in [3.05, 3.63) is 34.8 Å². The van der Waals surface area contributed by atoms with Crippen molar-refractivity contribution < 1.29 is 14.6 Å². The number of fused-ring (bicyclic) bond motifs is 2. The lowest BCUT2D eigenvalue weighted by molar-refractivity contribution is 0.0690. The van der Waals surface area contributed by atoms with E-state index in [0.29, 0.717) is 32.8 Å². The van der Waals surface area contributed by atoms with Crippen LogP contribution in [0.2, 0.25) is 0 Å². The van der Waals surface area contributed by atoms with Gasteiger partial charge in [-0.3, -0.25) is 5.10 Å². The van der Waals surface area contributed by atoms with E-state index in [2.05, 4.69) is 46.4 Å². The molecule has 4 rings (SSSR count). The Bertz CT molecular complexity index is 1120. The predicted molar refractivity (Wildman–Crippen MR) is 94.5 cm³/mol. The van der Waals surface area contributed by atoms with Crippen LogP contribution in [0.1, 0.15) is 10.5 Å². The van der Waals surface area contributed by atoms with Gasteiger partial charge in [0, 0.05) is 11.5 Å². The molecule has 4 N–H and O–H groups in total. The largest absolute Gasteiger partial charge is 0.494 e. The van der Waals surface area contributed by atoms with Gasteiger partial charge in [0.25, 0.3) is 0 Å². The highest BCUT2D eigenvalue weighted by atomic mass is 79.9. The van der Waals surface area contributed by atoms with Gasteiger partial charge in [0.1, 0.15) is 29.2 Å². The summed E-state index contributed by atoms with van der Waals surface area (Å²) in [5.74, 6) is -0.0522. The third kappa shape index (κ3) is 2.47. The summed E-state index contributed by atoms with van der Waals surface area (Å²) in [5.41, 5.74) is 1.92. The van der Waals surface area contributed by atoms with E-state index >= 15 is 0 Å². The quantitative estimate of drug-likeness (QED) is 0.412. The molecule has 25 heavy (non-hydrogen) atoms. The lowest BCUT2D eigenvalue weighted by Gasteiger charge is -2.11. The first-order chi connectivity index (χ1) is 12.1. The van der Waals surface area contributed by atoms with Crippen LogP contribution >= 0.6 is 15.9 Å². The summed E-state index contributed by atoms with van der Waals surface area (Å²) >= 11 is 3.31. The minimum Gasteiger partial charge on any atom is -0.494 e. The molecule has 0 radical (unpaired) electrons. The van der Waals surface area contributed by atoms with Crippen LogP contribution in [0.15, 0.2) is 29.1 Å². The van der Waals surface area contributed by atoms with Gasteiger partial charge in [-0.05, 0) is 22.0 Å². The number of anilines is 2. The number of methoxy groups -OCH3 is 1. The monoisotopic (exact) mass is 402 g/mol. The van der Waals surface area contributed by atoms with Crippen molar-refractivity contribution in [3.8, 4) is 5.75 Å². The van der Waals surface area contributed by atoms with Crippen molar-refractivity contribution in [2.45, 2.75) is 0 Å². The van der Waals surface area contributed by atoms with Gasteiger partial charge in [0.2, 0.25) is 0 Å². The van der Waals surface area contributed by atoms with Crippen molar-refractivity contribution in [2.75, 3.05) is 12.4 Å². The molecule has 4 aromatic rings. The lowest BCUT2D eigenvalue weighted by Crippen LogP contribution is -1.98. The van der Waals surface area contributed by atoms with E-state index in [1.807, 2.05) is 12.1 Å². The van der Waals surface area contributed by atoms with Crippen molar-refractivity contribution >= 4 is 55.3 Å². The van der Waals surface area contributed by atoms with E-state index in [-0.39, 0.29) is 5.69 Å². The highest BCUT2D eigenvalue weighted by molar-refractivity contribution is 9.10. The topological polar surface area (TPSA) is 129 Å². The minimum absolute atomic E-state index is 0.0100. The number of ether oxygens (including phenoxy) is 1. The number of nitrogens with one attached hydrogen (secondary N) is 3. The Hall–Kier alpha value is -3.14. The molecule has 0 aliphatic rings. The molecule has 0 saturated heterocycles. The Morgan fingerprint density at radius 3 is 2.96 bits per heavy atom. The number of H-pyrrole nitrogens is 2. The highest BCUT2D eigenvalue weighted by Gasteiger charge is 2.20. The van der Waals surface area contributed by atoms with E-state index < -0.39 is 5.97 Å². The van der Waals surface area contributed by atoms with Gasteiger partial charge in [0.15, 0.2) is 0 Å². The molecular formula is C15H11BrN6O3. The van der Waals surface area contributed by atoms with E-state index in [1.54, 1.807) is 13.3 Å². The number of hydrogen-bond acceptors (Lipinski definition) is 6. The Morgan fingerprint density at radius 2 is 2.20 bits per heavy atom. The molecule has 3 aromatic heterocycles. The van der Waals surface area contributed by atoms with Crippen molar-refractivity contribution in [1.29, 1.82) is 0 Å². The lowest BCUT2D eigenvalue weighted by atomic mass is 10.2. The average molecular weight is 403 g/mol. The second kappa shape index (κ2) is 5.74. The van der Waals surface area contributed by atoms with Crippen LogP contribution in [0.3, 0.4) is 0 Å². The summed E-state index contributed by atoms with van der Waals surface area (Å²) in [6.07, 6.45) is 3.05. The number of carboxylic acids is 1. The number of carbonyl (C=O) groups is 1. The van der Waals surface area contributed by atoms with Crippen LogP contribution in [0, 0.1) is 0 Å². The molecule has 10 heteroatoms. The fourth-order valence-electron chi connectivity index (χ4n) is 2.59. The molecule has 0 spiro atoms. The van der Waals surface area contributed by atoms with E-state index in [4.69, 9.17) is 4.74 Å². The minimum atomic E-state index is -1.09. The molecule has 9 nitrogen and oxygen atoms in total. The van der Waals surface area contributed by atoms with Crippen LogP contribution in [0.4, 0.5) is 11.5 Å². The van der Waals surface area contributed by atoms with Gasteiger partial charge < -0.3 is 20.1 Å². The van der Waals surface area contributed by atoms with Crippen LogP contribution < -0.4 is 10.1 Å². The molecule has 0 atom stereocenters. The summed E-state index contributed by atoms with van der Waals surface area (Å²) in [7, 11) is 1.56. The maximum absolute atomic E-state index is 11.3. The first kappa shape index (κ1) is 15.4. The van der Waals surface area contributed by atoms with Crippen molar-refractivity contribution in [2.24, 2.45) is 0 Å². The molecule has 1 aromatic carbocycles. The molecule has 0 saturated carbocycles. The second-order valence-corrected chi connectivity index (χ2v) is 5.99. The molecule has 3 heterocycles.